The number of aliphatic hydroxyl groups excluding tert-OH is 1. The number of methoxy groups -OCH3 is 1. The third kappa shape index (κ3) is 6.00. The molecule has 0 radical (unpaired) electrons. The van der Waals surface area contributed by atoms with Crippen molar-refractivity contribution in [2.24, 2.45) is 0 Å². The second kappa shape index (κ2) is 8.98. The Morgan fingerprint density at radius 3 is 2.07 bits per heavy atom. The molecule has 2 nitrogen and oxygen atoms in total. The SMILES string of the molecule is CCCc1c(Cl)cccc1Cl.COCO. The lowest BCUT2D eigenvalue weighted by atomic mass is 10.1. The van der Waals surface area contributed by atoms with Gasteiger partial charge in [0.15, 0.2) is 0 Å². The van der Waals surface area contributed by atoms with E-state index in [9.17, 15) is 0 Å². The van der Waals surface area contributed by atoms with Crippen molar-refractivity contribution in [2.75, 3.05) is 13.9 Å². The standard InChI is InChI=1S/C9H10Cl2.C2H6O2/c1-2-4-7-8(10)5-3-6-9(7)11;1-4-2-3/h3,5-6H,2,4H2,1H3;3H,2H2,1H3. The van der Waals surface area contributed by atoms with E-state index in [1.54, 1.807) is 0 Å². The van der Waals surface area contributed by atoms with Gasteiger partial charge in [-0.2, -0.15) is 0 Å². The van der Waals surface area contributed by atoms with Gasteiger partial charge in [-0.1, -0.05) is 42.6 Å². The molecule has 0 heterocycles. The van der Waals surface area contributed by atoms with Crippen molar-refractivity contribution in [3.05, 3.63) is 33.8 Å². The number of halogens is 2. The zero-order valence-corrected chi connectivity index (χ0v) is 10.5. The van der Waals surface area contributed by atoms with Gasteiger partial charge < -0.3 is 9.84 Å². The molecule has 0 saturated heterocycles. The van der Waals surface area contributed by atoms with Crippen LogP contribution in [0.3, 0.4) is 0 Å². The molecule has 0 bridgehead atoms. The predicted molar refractivity (Wildman–Crippen MR) is 64.6 cm³/mol. The van der Waals surface area contributed by atoms with Crippen LogP contribution in [0.4, 0.5) is 0 Å². The van der Waals surface area contributed by atoms with Crippen molar-refractivity contribution in [3.63, 3.8) is 0 Å². The van der Waals surface area contributed by atoms with Crippen molar-refractivity contribution < 1.29 is 9.84 Å². The maximum Gasteiger partial charge on any atom is 0.143 e. The van der Waals surface area contributed by atoms with Gasteiger partial charge in [-0.3, -0.25) is 0 Å². The minimum absolute atomic E-state index is 0.181. The lowest BCUT2D eigenvalue weighted by Crippen LogP contribution is -1.85. The summed E-state index contributed by atoms with van der Waals surface area (Å²) in [7, 11) is 1.43. The van der Waals surface area contributed by atoms with Gasteiger partial charge in [0.2, 0.25) is 0 Å². The molecule has 0 saturated carbocycles. The quantitative estimate of drug-likeness (QED) is 0.833. The molecule has 1 N–H and O–H groups in total. The van der Waals surface area contributed by atoms with Gasteiger partial charge in [0.25, 0.3) is 0 Å². The lowest BCUT2D eigenvalue weighted by Gasteiger charge is -2.03. The molecule has 1 rings (SSSR count). The summed E-state index contributed by atoms with van der Waals surface area (Å²) in [5.41, 5.74) is 1.07. The van der Waals surface area contributed by atoms with Crippen LogP contribution >= 0.6 is 23.2 Å². The van der Waals surface area contributed by atoms with Crippen LogP contribution in [0.25, 0.3) is 0 Å². The first-order valence-electron chi connectivity index (χ1n) is 4.70. The van der Waals surface area contributed by atoms with Crippen molar-refractivity contribution in [3.8, 4) is 0 Å². The topological polar surface area (TPSA) is 29.5 Å². The normalized spacial score (nSPS) is 9.40. The van der Waals surface area contributed by atoms with Gasteiger partial charge >= 0.3 is 0 Å². The first kappa shape index (κ1) is 14.7. The number of rotatable bonds is 3. The molecular formula is C11H16Cl2O2. The maximum atomic E-state index is 7.65. The van der Waals surface area contributed by atoms with Crippen LogP contribution in [0, 0.1) is 0 Å². The zero-order valence-electron chi connectivity index (χ0n) is 8.96. The highest BCUT2D eigenvalue weighted by atomic mass is 35.5. The van der Waals surface area contributed by atoms with Crippen molar-refractivity contribution in [1.29, 1.82) is 0 Å². The summed E-state index contributed by atoms with van der Waals surface area (Å²) < 4.78 is 4.10. The molecule has 86 valence electrons. The monoisotopic (exact) mass is 250 g/mol. The van der Waals surface area contributed by atoms with E-state index in [1.807, 2.05) is 18.2 Å². The molecule has 0 aliphatic rings. The molecule has 0 fully saturated rings. The number of hydrogen-bond donors (Lipinski definition) is 1. The van der Waals surface area contributed by atoms with E-state index in [2.05, 4.69) is 11.7 Å². The van der Waals surface area contributed by atoms with Crippen LogP contribution in [-0.2, 0) is 11.2 Å². The summed E-state index contributed by atoms with van der Waals surface area (Å²) in [6, 6.07) is 5.61. The fourth-order valence-corrected chi connectivity index (χ4v) is 1.61. The van der Waals surface area contributed by atoms with Crippen LogP contribution in [0.5, 0.6) is 0 Å². The third-order valence-corrected chi connectivity index (χ3v) is 2.40. The van der Waals surface area contributed by atoms with Crippen molar-refractivity contribution in [2.45, 2.75) is 19.8 Å². The highest BCUT2D eigenvalue weighted by Crippen LogP contribution is 2.25. The Kier molecular flexibility index (Phi) is 8.82. The number of aliphatic hydroxyl groups is 1. The highest BCUT2D eigenvalue weighted by Gasteiger charge is 2.02. The van der Waals surface area contributed by atoms with Gasteiger partial charge in [0, 0.05) is 17.2 Å². The van der Waals surface area contributed by atoms with E-state index in [0.29, 0.717) is 0 Å². The molecule has 0 atom stereocenters. The van der Waals surface area contributed by atoms with Crippen LogP contribution in [0.2, 0.25) is 10.0 Å². The molecule has 0 amide bonds. The average Bonchev–Trinajstić information content (AvgIpc) is 2.24. The molecular weight excluding hydrogens is 235 g/mol. The smallest absolute Gasteiger partial charge is 0.143 e. The maximum absolute atomic E-state index is 7.65. The van der Waals surface area contributed by atoms with Gasteiger partial charge in [-0.15, -0.1) is 0 Å². The molecule has 1 aromatic carbocycles. The van der Waals surface area contributed by atoms with Crippen LogP contribution in [-0.4, -0.2) is 19.0 Å². The molecule has 15 heavy (non-hydrogen) atoms. The molecule has 4 heteroatoms. The fraction of sp³-hybridized carbons (Fsp3) is 0.455. The molecule has 0 unspecified atom stereocenters. The Morgan fingerprint density at radius 1 is 1.27 bits per heavy atom. The van der Waals surface area contributed by atoms with Crippen molar-refractivity contribution >= 4 is 23.2 Å². The largest absolute Gasteiger partial charge is 0.371 e. The summed E-state index contributed by atoms with van der Waals surface area (Å²) in [5, 5.41) is 9.21. The Bertz CT molecular complexity index is 255. The Balaban J connectivity index is 0.000000423. The summed E-state index contributed by atoms with van der Waals surface area (Å²) in [6.45, 7) is 1.93. The van der Waals surface area contributed by atoms with E-state index in [4.69, 9.17) is 28.3 Å². The van der Waals surface area contributed by atoms with Crippen LogP contribution in [0.1, 0.15) is 18.9 Å². The van der Waals surface area contributed by atoms with E-state index in [1.165, 1.54) is 7.11 Å². The molecule has 1 aromatic rings. The van der Waals surface area contributed by atoms with Gasteiger partial charge in [-0.25, -0.2) is 0 Å². The lowest BCUT2D eigenvalue weighted by molar-refractivity contribution is 0.0325. The van der Waals surface area contributed by atoms with E-state index in [-0.39, 0.29) is 6.79 Å². The fourth-order valence-electron chi connectivity index (χ4n) is 1.02. The first-order valence-corrected chi connectivity index (χ1v) is 5.45. The number of ether oxygens (including phenoxy) is 1. The van der Waals surface area contributed by atoms with E-state index < -0.39 is 0 Å². The molecule has 0 aliphatic heterocycles. The molecule has 0 aromatic heterocycles. The minimum atomic E-state index is -0.181. The Hall–Kier alpha value is -0.280. The van der Waals surface area contributed by atoms with Gasteiger partial charge in [-0.05, 0) is 24.1 Å². The summed E-state index contributed by atoms with van der Waals surface area (Å²) in [5.74, 6) is 0. The summed E-state index contributed by atoms with van der Waals surface area (Å²) >= 11 is 11.8. The van der Waals surface area contributed by atoms with E-state index in [0.717, 1.165) is 28.5 Å². The Labute approximate surface area is 101 Å². The first-order chi connectivity index (χ1) is 7.17. The minimum Gasteiger partial charge on any atom is -0.371 e. The zero-order chi connectivity index (χ0) is 11.7. The Morgan fingerprint density at radius 2 is 1.73 bits per heavy atom. The third-order valence-electron chi connectivity index (χ3n) is 1.69. The average molecular weight is 251 g/mol. The van der Waals surface area contributed by atoms with Crippen LogP contribution in [0.15, 0.2) is 18.2 Å². The van der Waals surface area contributed by atoms with Crippen LogP contribution < -0.4 is 0 Å². The van der Waals surface area contributed by atoms with Gasteiger partial charge in [0.05, 0.1) is 0 Å². The summed E-state index contributed by atoms with van der Waals surface area (Å²) in [4.78, 5) is 0. The van der Waals surface area contributed by atoms with Crippen molar-refractivity contribution in [1.82, 2.24) is 0 Å². The highest BCUT2D eigenvalue weighted by molar-refractivity contribution is 6.35. The van der Waals surface area contributed by atoms with E-state index >= 15 is 0 Å². The molecule has 0 aliphatic carbocycles. The summed E-state index contributed by atoms with van der Waals surface area (Å²) in [6.07, 6.45) is 2.03. The number of benzene rings is 1. The predicted octanol–water partition coefficient (Wildman–Crippen LogP) is 3.53. The molecule has 0 spiro atoms. The number of hydrogen-bond acceptors (Lipinski definition) is 2. The second-order valence-corrected chi connectivity index (χ2v) is 3.68. The van der Waals surface area contributed by atoms with Gasteiger partial charge in [0.1, 0.15) is 6.79 Å². The second-order valence-electron chi connectivity index (χ2n) is 2.87.